The molecule has 21 heavy (non-hydrogen) atoms. The molecule has 1 aliphatic heterocycles. The van der Waals surface area contributed by atoms with Crippen LogP contribution >= 0.6 is 11.8 Å². The highest BCUT2D eigenvalue weighted by molar-refractivity contribution is 8.03. The van der Waals surface area contributed by atoms with E-state index in [0.29, 0.717) is 5.75 Å². The number of thioether (sulfide) groups is 1. The number of hydrogen-bond acceptors (Lipinski definition) is 4. The Bertz CT molecular complexity index is 630. The summed E-state index contributed by atoms with van der Waals surface area (Å²) in [5, 5.41) is 4.63. The summed E-state index contributed by atoms with van der Waals surface area (Å²) in [5.41, 5.74) is 2.30. The zero-order chi connectivity index (χ0) is 14.5. The van der Waals surface area contributed by atoms with E-state index in [1.54, 1.807) is 6.20 Å². The summed E-state index contributed by atoms with van der Waals surface area (Å²) in [7, 11) is 0. The van der Waals surface area contributed by atoms with Crippen LogP contribution in [0.2, 0.25) is 0 Å². The monoisotopic (exact) mass is 297 g/mol. The molecule has 106 valence electrons. The molecule has 0 aromatic heterocycles. The molecule has 4 heteroatoms. The molecular weight excluding hydrogens is 282 g/mol. The molecule has 1 heterocycles. The smallest absolute Gasteiger partial charge is 0.202 e. The quantitative estimate of drug-likeness (QED) is 0.917. The number of hydrogen-bond donors (Lipinski definition) is 1. The molecule has 0 saturated carbocycles. The highest BCUT2D eigenvalue weighted by Gasteiger charge is 2.19. The Balaban J connectivity index is 1.58. The summed E-state index contributed by atoms with van der Waals surface area (Å²) >= 11 is 1.46. The van der Waals surface area contributed by atoms with Gasteiger partial charge < -0.3 is 10.1 Å². The summed E-state index contributed by atoms with van der Waals surface area (Å²) in [6, 6.07) is 17.9. The molecule has 1 atom stereocenters. The second kappa shape index (κ2) is 6.50. The Morgan fingerprint density at radius 1 is 1.05 bits per heavy atom. The maximum atomic E-state index is 11.9. The van der Waals surface area contributed by atoms with Crippen LogP contribution in [0, 0.1) is 0 Å². The van der Waals surface area contributed by atoms with Gasteiger partial charge in [-0.1, -0.05) is 54.2 Å². The summed E-state index contributed by atoms with van der Waals surface area (Å²) < 4.78 is 5.54. The van der Waals surface area contributed by atoms with Gasteiger partial charge in [0.05, 0.1) is 0 Å². The van der Waals surface area contributed by atoms with E-state index in [4.69, 9.17) is 4.74 Å². The van der Waals surface area contributed by atoms with E-state index in [1.165, 1.54) is 11.8 Å². The predicted molar refractivity (Wildman–Crippen MR) is 86.0 cm³/mol. The minimum absolute atomic E-state index is 0.0390. The van der Waals surface area contributed by atoms with Crippen LogP contribution < -0.4 is 10.1 Å². The third-order valence-corrected chi connectivity index (χ3v) is 4.13. The van der Waals surface area contributed by atoms with Crippen LogP contribution in [0.4, 0.5) is 0 Å². The van der Waals surface area contributed by atoms with Gasteiger partial charge in [0.2, 0.25) is 5.78 Å². The van der Waals surface area contributed by atoms with E-state index in [9.17, 15) is 4.79 Å². The number of carbonyl (C=O) groups excluding carboxylic acids is 1. The van der Waals surface area contributed by atoms with Crippen LogP contribution in [-0.4, -0.2) is 17.8 Å². The number of nitrogens with one attached hydrogen (secondary N) is 1. The van der Waals surface area contributed by atoms with Gasteiger partial charge in [-0.25, -0.2) is 0 Å². The lowest BCUT2D eigenvalue weighted by molar-refractivity contribution is -0.120. The Labute approximate surface area is 128 Å². The maximum absolute atomic E-state index is 11.9. The third-order valence-electron chi connectivity index (χ3n) is 3.17. The largest absolute Gasteiger partial charge is 0.486 e. The van der Waals surface area contributed by atoms with Crippen molar-refractivity contribution in [3.8, 4) is 16.9 Å². The van der Waals surface area contributed by atoms with Crippen LogP contribution in [0.5, 0.6) is 5.75 Å². The lowest BCUT2D eigenvalue weighted by atomic mass is 10.1. The SMILES string of the molecule is O=C(COc1ccc(-c2ccccc2)cc1)C1NC=CS1. The Hall–Kier alpha value is -2.20. The average Bonchev–Trinajstić information content (AvgIpc) is 3.08. The molecule has 1 unspecified atom stereocenters. The fraction of sp³-hybridized carbons (Fsp3) is 0.118. The summed E-state index contributed by atoms with van der Waals surface area (Å²) in [4.78, 5) is 11.9. The molecule has 3 rings (SSSR count). The van der Waals surface area contributed by atoms with Gasteiger partial charge in [-0.15, -0.1) is 0 Å². The summed E-state index contributed by atoms with van der Waals surface area (Å²) in [6.45, 7) is 0.0804. The Morgan fingerprint density at radius 3 is 2.43 bits per heavy atom. The summed E-state index contributed by atoms with van der Waals surface area (Å²) in [5.74, 6) is 0.746. The molecule has 1 N–H and O–H groups in total. The molecule has 2 aromatic carbocycles. The normalized spacial score (nSPS) is 16.5. The Morgan fingerprint density at radius 2 is 1.76 bits per heavy atom. The van der Waals surface area contributed by atoms with Crippen molar-refractivity contribution in [3.63, 3.8) is 0 Å². The van der Waals surface area contributed by atoms with Crippen molar-refractivity contribution < 1.29 is 9.53 Å². The minimum atomic E-state index is -0.214. The molecule has 0 amide bonds. The zero-order valence-corrected chi connectivity index (χ0v) is 12.2. The number of ketones is 1. The number of benzene rings is 2. The average molecular weight is 297 g/mol. The molecule has 0 saturated heterocycles. The van der Waals surface area contributed by atoms with Crippen molar-refractivity contribution >= 4 is 17.5 Å². The molecular formula is C17H15NO2S. The van der Waals surface area contributed by atoms with Gasteiger partial charge in [0, 0.05) is 6.20 Å². The van der Waals surface area contributed by atoms with Crippen molar-refractivity contribution in [1.29, 1.82) is 0 Å². The Kier molecular flexibility index (Phi) is 4.26. The topological polar surface area (TPSA) is 38.3 Å². The lowest BCUT2D eigenvalue weighted by Crippen LogP contribution is -2.31. The van der Waals surface area contributed by atoms with Crippen molar-refractivity contribution in [3.05, 3.63) is 66.2 Å². The number of carbonyl (C=O) groups is 1. The van der Waals surface area contributed by atoms with E-state index in [1.807, 2.05) is 47.9 Å². The van der Waals surface area contributed by atoms with E-state index in [2.05, 4.69) is 17.4 Å². The lowest BCUT2D eigenvalue weighted by Gasteiger charge is -2.10. The van der Waals surface area contributed by atoms with Gasteiger partial charge in [-0.2, -0.15) is 0 Å². The second-order valence-corrected chi connectivity index (χ2v) is 5.65. The molecule has 0 bridgehead atoms. The highest BCUT2D eigenvalue weighted by Crippen LogP contribution is 2.22. The van der Waals surface area contributed by atoms with Crippen molar-refractivity contribution in [2.45, 2.75) is 5.37 Å². The van der Waals surface area contributed by atoms with Gasteiger partial charge in [-0.05, 0) is 28.7 Å². The van der Waals surface area contributed by atoms with Crippen molar-refractivity contribution in [2.24, 2.45) is 0 Å². The molecule has 1 aliphatic rings. The third kappa shape index (κ3) is 3.47. The van der Waals surface area contributed by atoms with Gasteiger partial charge in [0.1, 0.15) is 17.7 Å². The fourth-order valence-corrected chi connectivity index (χ4v) is 2.75. The van der Waals surface area contributed by atoms with Crippen LogP contribution in [0.15, 0.2) is 66.2 Å². The van der Waals surface area contributed by atoms with Crippen LogP contribution in [0.25, 0.3) is 11.1 Å². The first-order valence-corrected chi connectivity index (χ1v) is 7.65. The van der Waals surface area contributed by atoms with Gasteiger partial charge in [0.15, 0.2) is 0 Å². The van der Waals surface area contributed by atoms with E-state index in [-0.39, 0.29) is 17.8 Å². The molecule has 3 nitrogen and oxygen atoms in total. The first kappa shape index (κ1) is 13.8. The molecule has 2 aromatic rings. The predicted octanol–water partition coefficient (Wildman–Crippen LogP) is 3.44. The van der Waals surface area contributed by atoms with Crippen LogP contribution in [0.3, 0.4) is 0 Å². The standard InChI is InChI=1S/C17H15NO2S/c19-16(17-18-10-11-21-17)12-20-15-8-6-14(7-9-15)13-4-2-1-3-5-13/h1-11,17-18H,12H2. The van der Waals surface area contributed by atoms with Crippen molar-refractivity contribution in [2.75, 3.05) is 6.61 Å². The first-order valence-electron chi connectivity index (χ1n) is 6.70. The number of rotatable bonds is 5. The maximum Gasteiger partial charge on any atom is 0.202 e. The minimum Gasteiger partial charge on any atom is -0.486 e. The van der Waals surface area contributed by atoms with Crippen LogP contribution in [-0.2, 0) is 4.79 Å². The molecule has 0 aliphatic carbocycles. The summed E-state index contributed by atoms with van der Waals surface area (Å²) in [6.07, 6.45) is 1.78. The highest BCUT2D eigenvalue weighted by atomic mass is 32.2. The van der Waals surface area contributed by atoms with Gasteiger partial charge >= 0.3 is 0 Å². The first-order chi connectivity index (χ1) is 10.3. The number of Topliss-reactive ketones (excluding diaryl/α,β-unsaturated/α-hetero) is 1. The second-order valence-electron chi connectivity index (χ2n) is 4.63. The van der Waals surface area contributed by atoms with E-state index < -0.39 is 0 Å². The molecule has 0 radical (unpaired) electrons. The van der Waals surface area contributed by atoms with E-state index >= 15 is 0 Å². The van der Waals surface area contributed by atoms with Crippen LogP contribution in [0.1, 0.15) is 0 Å². The van der Waals surface area contributed by atoms with Gasteiger partial charge in [-0.3, -0.25) is 4.79 Å². The van der Waals surface area contributed by atoms with E-state index in [0.717, 1.165) is 11.1 Å². The number of ether oxygens (including phenoxy) is 1. The van der Waals surface area contributed by atoms with Gasteiger partial charge in [0.25, 0.3) is 0 Å². The molecule has 0 fully saturated rings. The zero-order valence-electron chi connectivity index (χ0n) is 11.4. The molecule has 0 spiro atoms. The van der Waals surface area contributed by atoms with Crippen molar-refractivity contribution in [1.82, 2.24) is 5.32 Å². The fourth-order valence-electron chi connectivity index (χ4n) is 2.06.